The Bertz CT molecular complexity index is 454. The maximum atomic E-state index is 13.5. The van der Waals surface area contributed by atoms with Crippen molar-refractivity contribution in [1.29, 1.82) is 0 Å². The molecule has 2 rings (SSSR count). The molecule has 1 aromatic carbocycles. The van der Waals surface area contributed by atoms with E-state index in [-0.39, 0.29) is 11.7 Å². The van der Waals surface area contributed by atoms with E-state index in [0.29, 0.717) is 32.3 Å². The van der Waals surface area contributed by atoms with E-state index in [1.165, 1.54) is 4.90 Å². The van der Waals surface area contributed by atoms with Gasteiger partial charge in [0.15, 0.2) is 0 Å². The van der Waals surface area contributed by atoms with Crippen LogP contribution in [0.3, 0.4) is 0 Å². The van der Waals surface area contributed by atoms with E-state index in [2.05, 4.69) is 0 Å². The molecule has 2 N–H and O–H groups in total. The van der Waals surface area contributed by atoms with Crippen molar-refractivity contribution >= 4 is 5.91 Å². The lowest BCUT2D eigenvalue weighted by molar-refractivity contribution is -0.0169. The molecule has 0 saturated carbocycles. The quantitative estimate of drug-likeness (QED) is 0.850. The summed E-state index contributed by atoms with van der Waals surface area (Å²) >= 11 is 0. The molecule has 1 fully saturated rings. The number of halogens is 2. The number of ether oxygens (including phenoxy) is 1. The van der Waals surface area contributed by atoms with Crippen LogP contribution in [-0.4, -0.2) is 43.2 Å². The van der Waals surface area contributed by atoms with Gasteiger partial charge in [-0.15, -0.1) is 0 Å². The summed E-state index contributed by atoms with van der Waals surface area (Å²) in [5, 5.41) is 0. The van der Waals surface area contributed by atoms with Crippen LogP contribution in [0.4, 0.5) is 8.78 Å². The van der Waals surface area contributed by atoms with E-state index in [1.807, 2.05) is 0 Å². The second-order valence-corrected chi connectivity index (χ2v) is 4.10. The first kappa shape index (κ1) is 12.9. The normalized spacial score (nSPS) is 19.9. The van der Waals surface area contributed by atoms with E-state index < -0.39 is 17.5 Å². The van der Waals surface area contributed by atoms with Crippen LogP contribution in [0.25, 0.3) is 0 Å². The van der Waals surface area contributed by atoms with Gasteiger partial charge in [0.05, 0.1) is 18.3 Å². The summed E-state index contributed by atoms with van der Waals surface area (Å²) in [5.41, 5.74) is 5.34. The lowest BCUT2D eigenvalue weighted by Crippen LogP contribution is -2.48. The zero-order valence-electron chi connectivity index (χ0n) is 9.73. The van der Waals surface area contributed by atoms with Crippen molar-refractivity contribution in [3.05, 3.63) is 35.4 Å². The molecule has 1 aliphatic rings. The van der Waals surface area contributed by atoms with Gasteiger partial charge in [-0.3, -0.25) is 4.79 Å². The molecule has 0 radical (unpaired) electrons. The first-order valence-corrected chi connectivity index (χ1v) is 5.68. The average molecular weight is 256 g/mol. The summed E-state index contributed by atoms with van der Waals surface area (Å²) in [4.78, 5) is 13.5. The van der Waals surface area contributed by atoms with Crippen molar-refractivity contribution in [2.24, 2.45) is 5.73 Å². The van der Waals surface area contributed by atoms with E-state index >= 15 is 0 Å². The second kappa shape index (κ2) is 5.41. The van der Waals surface area contributed by atoms with Crippen molar-refractivity contribution < 1.29 is 18.3 Å². The zero-order chi connectivity index (χ0) is 13.1. The summed E-state index contributed by atoms with van der Waals surface area (Å²) in [6.07, 6.45) is -0.230. The zero-order valence-corrected chi connectivity index (χ0v) is 9.73. The van der Waals surface area contributed by atoms with E-state index in [0.717, 1.165) is 12.1 Å². The van der Waals surface area contributed by atoms with E-state index in [9.17, 15) is 13.6 Å². The van der Waals surface area contributed by atoms with Crippen LogP contribution >= 0.6 is 0 Å². The number of carbonyl (C=O) groups excluding carboxylic acids is 1. The SMILES string of the molecule is NC[C@H]1CN(C(=O)c2ccc(F)cc2F)CCO1. The molecule has 4 nitrogen and oxygen atoms in total. The molecule has 0 spiro atoms. The van der Waals surface area contributed by atoms with Gasteiger partial charge >= 0.3 is 0 Å². The van der Waals surface area contributed by atoms with Crippen LogP contribution in [-0.2, 0) is 4.74 Å². The Morgan fingerprint density at radius 1 is 1.50 bits per heavy atom. The Kier molecular flexibility index (Phi) is 3.88. The second-order valence-electron chi connectivity index (χ2n) is 4.10. The third kappa shape index (κ3) is 2.65. The predicted octanol–water partition coefficient (Wildman–Crippen LogP) is 0.764. The Morgan fingerprint density at radius 3 is 2.94 bits per heavy atom. The van der Waals surface area contributed by atoms with Crippen LogP contribution in [0.5, 0.6) is 0 Å². The van der Waals surface area contributed by atoms with Crippen molar-refractivity contribution in [3.8, 4) is 0 Å². The summed E-state index contributed by atoms with van der Waals surface area (Å²) in [5.74, 6) is -2.02. The largest absolute Gasteiger partial charge is 0.373 e. The summed E-state index contributed by atoms with van der Waals surface area (Å²) < 4.78 is 31.6. The van der Waals surface area contributed by atoms with Gasteiger partial charge in [0.1, 0.15) is 11.6 Å². The molecule has 1 amide bonds. The number of nitrogens with two attached hydrogens (primary N) is 1. The van der Waals surface area contributed by atoms with Crippen LogP contribution in [0, 0.1) is 11.6 Å². The monoisotopic (exact) mass is 256 g/mol. The number of benzene rings is 1. The van der Waals surface area contributed by atoms with Gasteiger partial charge in [-0.25, -0.2) is 8.78 Å². The highest BCUT2D eigenvalue weighted by atomic mass is 19.1. The average Bonchev–Trinajstić information content (AvgIpc) is 2.38. The third-order valence-corrected chi connectivity index (χ3v) is 2.85. The molecule has 1 aliphatic heterocycles. The summed E-state index contributed by atoms with van der Waals surface area (Å²) in [6.45, 7) is 1.38. The van der Waals surface area contributed by atoms with Gasteiger partial charge in [-0.2, -0.15) is 0 Å². The van der Waals surface area contributed by atoms with Crippen LogP contribution in [0.1, 0.15) is 10.4 Å². The molecule has 18 heavy (non-hydrogen) atoms. The number of hydrogen-bond acceptors (Lipinski definition) is 3. The Morgan fingerprint density at radius 2 is 2.28 bits per heavy atom. The maximum absolute atomic E-state index is 13.5. The van der Waals surface area contributed by atoms with Gasteiger partial charge in [0, 0.05) is 25.7 Å². The minimum atomic E-state index is -0.851. The highest BCUT2D eigenvalue weighted by Crippen LogP contribution is 2.14. The van der Waals surface area contributed by atoms with Gasteiger partial charge in [-0.1, -0.05) is 0 Å². The Labute approximate surface area is 103 Å². The summed E-state index contributed by atoms with van der Waals surface area (Å²) in [7, 11) is 0. The molecule has 1 atom stereocenters. The van der Waals surface area contributed by atoms with Crippen molar-refractivity contribution in [1.82, 2.24) is 4.90 Å². The first-order valence-electron chi connectivity index (χ1n) is 5.68. The van der Waals surface area contributed by atoms with E-state index in [4.69, 9.17) is 10.5 Å². The number of carbonyl (C=O) groups is 1. The molecule has 0 bridgehead atoms. The standard InChI is InChI=1S/C12H14F2N2O2/c13-8-1-2-10(11(14)5-8)12(17)16-3-4-18-9(6-15)7-16/h1-2,5,9H,3-4,6-7,15H2/t9-/m0/s1. The van der Waals surface area contributed by atoms with Crippen molar-refractivity contribution in [3.63, 3.8) is 0 Å². The number of amides is 1. The van der Waals surface area contributed by atoms with Gasteiger partial charge in [0.2, 0.25) is 0 Å². The number of rotatable bonds is 2. The smallest absolute Gasteiger partial charge is 0.257 e. The predicted molar refractivity (Wildman–Crippen MR) is 61.1 cm³/mol. The molecule has 1 saturated heterocycles. The molecular weight excluding hydrogens is 242 g/mol. The van der Waals surface area contributed by atoms with Gasteiger partial charge < -0.3 is 15.4 Å². The highest BCUT2D eigenvalue weighted by molar-refractivity contribution is 5.94. The Balaban J connectivity index is 2.15. The number of hydrogen-bond donors (Lipinski definition) is 1. The number of morpholine rings is 1. The van der Waals surface area contributed by atoms with Crippen LogP contribution < -0.4 is 5.73 Å². The molecule has 98 valence electrons. The Hall–Kier alpha value is -1.53. The third-order valence-electron chi connectivity index (χ3n) is 2.85. The highest BCUT2D eigenvalue weighted by Gasteiger charge is 2.25. The molecule has 0 unspecified atom stereocenters. The minimum absolute atomic E-state index is 0.130. The summed E-state index contributed by atoms with van der Waals surface area (Å²) in [6, 6.07) is 2.92. The minimum Gasteiger partial charge on any atom is -0.373 e. The van der Waals surface area contributed by atoms with Crippen LogP contribution in [0.15, 0.2) is 18.2 Å². The maximum Gasteiger partial charge on any atom is 0.257 e. The molecule has 0 aliphatic carbocycles. The topological polar surface area (TPSA) is 55.6 Å². The van der Waals surface area contributed by atoms with Gasteiger partial charge in [0.25, 0.3) is 5.91 Å². The fourth-order valence-corrected chi connectivity index (χ4v) is 1.88. The molecule has 1 aromatic rings. The van der Waals surface area contributed by atoms with Crippen molar-refractivity contribution in [2.45, 2.75) is 6.10 Å². The van der Waals surface area contributed by atoms with E-state index in [1.54, 1.807) is 0 Å². The fourth-order valence-electron chi connectivity index (χ4n) is 1.88. The lowest BCUT2D eigenvalue weighted by Gasteiger charge is -2.32. The molecular formula is C12H14F2N2O2. The lowest BCUT2D eigenvalue weighted by atomic mass is 10.1. The van der Waals surface area contributed by atoms with Crippen LogP contribution in [0.2, 0.25) is 0 Å². The van der Waals surface area contributed by atoms with Gasteiger partial charge in [-0.05, 0) is 12.1 Å². The molecule has 0 aromatic heterocycles. The molecule has 1 heterocycles. The molecule has 6 heteroatoms. The number of nitrogens with zero attached hydrogens (tertiary/aromatic N) is 1. The fraction of sp³-hybridized carbons (Fsp3) is 0.417. The first-order chi connectivity index (χ1) is 8.61. The van der Waals surface area contributed by atoms with Crippen molar-refractivity contribution in [2.75, 3.05) is 26.2 Å².